The predicted molar refractivity (Wildman–Crippen MR) is 42.6 cm³/mol. The Bertz CT molecular complexity index is 148. The fraction of sp³-hybridized carbons (Fsp3) is 1.00. The Labute approximate surface area is 71.8 Å². The third-order valence-electron chi connectivity index (χ3n) is 2.20. The molecule has 1 aliphatic heterocycles. The number of aliphatic hydroxyl groups excluding tert-OH is 3. The Morgan fingerprint density at radius 2 is 1.75 bits per heavy atom. The molecule has 12 heavy (non-hydrogen) atoms. The quantitative estimate of drug-likeness (QED) is 0.485. The van der Waals surface area contributed by atoms with Gasteiger partial charge in [0.05, 0.1) is 12.7 Å². The molecule has 72 valence electrons. The third-order valence-corrected chi connectivity index (χ3v) is 2.20. The van der Waals surface area contributed by atoms with E-state index in [1.807, 2.05) is 13.8 Å². The maximum absolute atomic E-state index is 9.44. The van der Waals surface area contributed by atoms with Crippen LogP contribution in [0.15, 0.2) is 0 Å². The molecule has 1 aliphatic rings. The average Bonchev–Trinajstić information content (AvgIpc) is 2.00. The highest BCUT2D eigenvalue weighted by Gasteiger charge is 2.38. The van der Waals surface area contributed by atoms with E-state index in [-0.39, 0.29) is 18.6 Å². The molecule has 0 saturated carbocycles. The van der Waals surface area contributed by atoms with E-state index < -0.39 is 18.3 Å². The second-order valence-corrected chi connectivity index (χ2v) is 3.59. The largest absolute Gasteiger partial charge is 0.388 e. The fourth-order valence-corrected chi connectivity index (χ4v) is 1.42. The summed E-state index contributed by atoms with van der Waals surface area (Å²) in [5.74, 6) is 0.141. The zero-order chi connectivity index (χ0) is 9.30. The Morgan fingerprint density at radius 1 is 1.17 bits per heavy atom. The molecular weight excluding hydrogens is 160 g/mol. The lowest BCUT2D eigenvalue weighted by Gasteiger charge is -2.37. The number of rotatable bonds is 1. The van der Waals surface area contributed by atoms with Crippen LogP contribution in [0.4, 0.5) is 0 Å². The summed E-state index contributed by atoms with van der Waals surface area (Å²) in [6.07, 6.45) is -3.39. The van der Waals surface area contributed by atoms with Crippen LogP contribution >= 0.6 is 0 Å². The van der Waals surface area contributed by atoms with Crippen molar-refractivity contribution in [1.29, 1.82) is 0 Å². The van der Waals surface area contributed by atoms with Crippen molar-refractivity contribution in [3.05, 3.63) is 0 Å². The summed E-state index contributed by atoms with van der Waals surface area (Å²) < 4.78 is 5.17. The van der Waals surface area contributed by atoms with Gasteiger partial charge >= 0.3 is 0 Å². The highest BCUT2D eigenvalue weighted by molar-refractivity contribution is 4.87. The van der Waals surface area contributed by atoms with Gasteiger partial charge < -0.3 is 20.1 Å². The van der Waals surface area contributed by atoms with Crippen molar-refractivity contribution in [3.63, 3.8) is 0 Å². The van der Waals surface area contributed by atoms with Crippen molar-refractivity contribution in [2.45, 2.75) is 38.3 Å². The van der Waals surface area contributed by atoms with Crippen LogP contribution in [-0.2, 0) is 4.74 Å². The molecule has 0 amide bonds. The molecule has 0 aromatic heterocycles. The summed E-state index contributed by atoms with van der Waals surface area (Å²) in [6.45, 7) is 3.90. The summed E-state index contributed by atoms with van der Waals surface area (Å²) in [5.41, 5.74) is 0. The molecule has 1 heterocycles. The zero-order valence-electron chi connectivity index (χ0n) is 7.34. The first-order valence-corrected chi connectivity index (χ1v) is 4.20. The van der Waals surface area contributed by atoms with E-state index in [9.17, 15) is 10.2 Å². The first-order valence-electron chi connectivity index (χ1n) is 4.20. The molecular formula is C8H16O4. The van der Waals surface area contributed by atoms with E-state index in [0.29, 0.717) is 0 Å². The van der Waals surface area contributed by atoms with Gasteiger partial charge in [0.25, 0.3) is 0 Å². The summed E-state index contributed by atoms with van der Waals surface area (Å²) >= 11 is 0. The van der Waals surface area contributed by atoms with Gasteiger partial charge in [-0.25, -0.2) is 0 Å². The number of ether oxygens (including phenoxy) is 1. The maximum atomic E-state index is 9.44. The molecule has 4 nitrogen and oxygen atoms in total. The molecule has 4 atom stereocenters. The van der Waals surface area contributed by atoms with Crippen molar-refractivity contribution < 1.29 is 20.1 Å². The van der Waals surface area contributed by atoms with Crippen molar-refractivity contribution in [2.75, 3.05) is 6.61 Å². The van der Waals surface area contributed by atoms with Crippen LogP contribution in [0, 0.1) is 5.92 Å². The molecule has 1 saturated heterocycles. The monoisotopic (exact) mass is 176 g/mol. The minimum Gasteiger partial charge on any atom is -0.388 e. The normalized spacial score (nSPS) is 43.5. The zero-order valence-corrected chi connectivity index (χ0v) is 7.34. The lowest BCUT2D eigenvalue weighted by Crippen LogP contribution is -2.54. The second kappa shape index (κ2) is 3.70. The van der Waals surface area contributed by atoms with Crippen LogP contribution in [0.25, 0.3) is 0 Å². The van der Waals surface area contributed by atoms with E-state index in [4.69, 9.17) is 9.84 Å². The second-order valence-electron chi connectivity index (χ2n) is 3.59. The Hall–Kier alpha value is -0.160. The number of hydrogen-bond acceptors (Lipinski definition) is 4. The summed E-state index contributed by atoms with van der Waals surface area (Å²) in [6, 6.07) is 0. The molecule has 1 rings (SSSR count). The smallest absolute Gasteiger partial charge is 0.111 e. The van der Waals surface area contributed by atoms with Crippen LogP contribution < -0.4 is 0 Å². The van der Waals surface area contributed by atoms with Crippen molar-refractivity contribution in [2.24, 2.45) is 5.92 Å². The van der Waals surface area contributed by atoms with E-state index in [2.05, 4.69) is 0 Å². The van der Waals surface area contributed by atoms with E-state index in [0.717, 1.165) is 0 Å². The van der Waals surface area contributed by atoms with Gasteiger partial charge in [0.2, 0.25) is 0 Å². The highest BCUT2D eigenvalue weighted by atomic mass is 16.5. The summed E-state index contributed by atoms with van der Waals surface area (Å²) in [5, 5.41) is 27.8. The SMILES string of the molecule is CC(C)[C@@H]1OC[C@H](O)C(O)[C@@H]1O. The predicted octanol–water partition coefficient (Wildman–Crippen LogP) is -0.876. The van der Waals surface area contributed by atoms with Crippen LogP contribution in [0.2, 0.25) is 0 Å². The average molecular weight is 176 g/mol. The van der Waals surface area contributed by atoms with Crippen LogP contribution in [-0.4, -0.2) is 46.3 Å². The molecule has 1 fully saturated rings. The number of aliphatic hydroxyl groups is 3. The van der Waals surface area contributed by atoms with Gasteiger partial charge in [0, 0.05) is 0 Å². The molecule has 4 heteroatoms. The molecule has 3 N–H and O–H groups in total. The minimum absolute atomic E-state index is 0.0983. The highest BCUT2D eigenvalue weighted by Crippen LogP contribution is 2.20. The number of hydrogen-bond donors (Lipinski definition) is 3. The topological polar surface area (TPSA) is 69.9 Å². The van der Waals surface area contributed by atoms with Gasteiger partial charge in [-0.1, -0.05) is 13.8 Å². The molecule has 0 aromatic rings. The van der Waals surface area contributed by atoms with Gasteiger partial charge in [-0.05, 0) is 5.92 Å². The van der Waals surface area contributed by atoms with E-state index in [1.54, 1.807) is 0 Å². The Balaban J connectivity index is 2.58. The van der Waals surface area contributed by atoms with Crippen molar-refractivity contribution in [1.82, 2.24) is 0 Å². The molecule has 0 bridgehead atoms. The van der Waals surface area contributed by atoms with Gasteiger partial charge in [-0.15, -0.1) is 0 Å². The Morgan fingerprint density at radius 3 is 2.25 bits per heavy atom. The van der Waals surface area contributed by atoms with Gasteiger partial charge in [-0.2, -0.15) is 0 Å². The fourth-order valence-electron chi connectivity index (χ4n) is 1.42. The Kier molecular flexibility index (Phi) is 3.06. The van der Waals surface area contributed by atoms with Gasteiger partial charge in [0.15, 0.2) is 0 Å². The lowest BCUT2D eigenvalue weighted by atomic mass is 9.93. The van der Waals surface area contributed by atoms with Crippen LogP contribution in [0.3, 0.4) is 0 Å². The minimum atomic E-state index is -1.08. The van der Waals surface area contributed by atoms with Crippen LogP contribution in [0.1, 0.15) is 13.8 Å². The summed E-state index contributed by atoms with van der Waals surface area (Å²) in [7, 11) is 0. The molecule has 0 spiro atoms. The van der Waals surface area contributed by atoms with E-state index >= 15 is 0 Å². The van der Waals surface area contributed by atoms with Gasteiger partial charge in [0.1, 0.15) is 18.3 Å². The third kappa shape index (κ3) is 1.77. The lowest BCUT2D eigenvalue weighted by molar-refractivity contribution is -0.197. The maximum Gasteiger partial charge on any atom is 0.111 e. The summed E-state index contributed by atoms with van der Waals surface area (Å²) in [4.78, 5) is 0. The first-order chi connectivity index (χ1) is 5.54. The van der Waals surface area contributed by atoms with Gasteiger partial charge in [-0.3, -0.25) is 0 Å². The van der Waals surface area contributed by atoms with Crippen molar-refractivity contribution in [3.8, 4) is 0 Å². The standard InChI is InChI=1S/C8H16O4/c1-4(2)8-7(11)6(10)5(9)3-12-8/h4-11H,3H2,1-2H3/t5-,6?,7-,8-/m0/s1. The van der Waals surface area contributed by atoms with Crippen molar-refractivity contribution >= 4 is 0 Å². The van der Waals surface area contributed by atoms with E-state index in [1.165, 1.54) is 0 Å². The molecule has 1 unspecified atom stereocenters. The van der Waals surface area contributed by atoms with Crippen LogP contribution in [0.5, 0.6) is 0 Å². The molecule has 0 radical (unpaired) electrons. The molecule has 0 aromatic carbocycles. The molecule has 0 aliphatic carbocycles. The first kappa shape index (κ1) is 9.92.